The van der Waals surface area contributed by atoms with Gasteiger partial charge in [0.25, 0.3) is 0 Å². The first kappa shape index (κ1) is 13.9. The number of hydrogen-bond donors (Lipinski definition) is 1. The second-order valence-corrected chi connectivity index (χ2v) is 4.08. The van der Waals surface area contributed by atoms with Gasteiger partial charge in [0.05, 0.1) is 25.6 Å². The van der Waals surface area contributed by atoms with Crippen molar-refractivity contribution < 1.29 is 9.47 Å². The van der Waals surface area contributed by atoms with Crippen LogP contribution >= 0.6 is 0 Å². The van der Waals surface area contributed by atoms with Crippen molar-refractivity contribution in [2.75, 3.05) is 19.1 Å². The molecule has 20 heavy (non-hydrogen) atoms. The predicted molar refractivity (Wildman–Crippen MR) is 81.8 cm³/mol. The zero-order valence-corrected chi connectivity index (χ0v) is 11.7. The van der Waals surface area contributed by atoms with Crippen molar-refractivity contribution in [2.24, 2.45) is 5.10 Å². The minimum absolute atomic E-state index is 0.610. The first-order valence-corrected chi connectivity index (χ1v) is 6.48. The number of hydrogen-bond acceptors (Lipinski definition) is 4. The highest BCUT2D eigenvalue weighted by atomic mass is 16.5. The summed E-state index contributed by atoms with van der Waals surface area (Å²) in [5.74, 6) is 1.44. The highest BCUT2D eigenvalue weighted by Gasteiger charge is 2.03. The highest BCUT2D eigenvalue weighted by Crippen LogP contribution is 2.27. The predicted octanol–water partition coefficient (Wildman–Crippen LogP) is 3.54. The van der Waals surface area contributed by atoms with Gasteiger partial charge in [0.2, 0.25) is 0 Å². The third-order valence-corrected chi connectivity index (χ3v) is 2.67. The molecule has 0 spiro atoms. The standard InChI is InChI=1S/C16H18N2O2/c1-3-20-15-10-9-13(11-16(15)19-2)12-17-18-14-7-5-4-6-8-14/h4-12,18H,3H2,1-2H3/b17-12-. The molecule has 0 fully saturated rings. The maximum Gasteiger partial charge on any atom is 0.161 e. The third kappa shape index (κ3) is 3.75. The van der Waals surface area contributed by atoms with Crippen LogP contribution in [0.4, 0.5) is 5.69 Å². The number of benzene rings is 2. The van der Waals surface area contributed by atoms with Gasteiger partial charge in [0.15, 0.2) is 11.5 Å². The van der Waals surface area contributed by atoms with Crippen molar-refractivity contribution in [1.82, 2.24) is 0 Å². The summed E-state index contributed by atoms with van der Waals surface area (Å²) < 4.78 is 10.8. The number of nitrogens with one attached hydrogen (secondary N) is 1. The van der Waals surface area contributed by atoms with Crippen LogP contribution in [0.3, 0.4) is 0 Å². The average molecular weight is 270 g/mol. The first-order chi connectivity index (χ1) is 9.83. The summed E-state index contributed by atoms with van der Waals surface area (Å²) >= 11 is 0. The lowest BCUT2D eigenvalue weighted by Gasteiger charge is -2.09. The van der Waals surface area contributed by atoms with Crippen LogP contribution in [0.1, 0.15) is 12.5 Å². The average Bonchev–Trinajstić information content (AvgIpc) is 2.50. The number of ether oxygens (including phenoxy) is 2. The molecule has 104 valence electrons. The summed E-state index contributed by atoms with van der Waals surface area (Å²) in [5.41, 5.74) is 4.85. The monoisotopic (exact) mass is 270 g/mol. The van der Waals surface area contributed by atoms with Gasteiger partial charge in [-0.2, -0.15) is 5.10 Å². The van der Waals surface area contributed by atoms with Crippen LogP contribution in [0.25, 0.3) is 0 Å². The maximum atomic E-state index is 5.47. The number of nitrogens with zero attached hydrogens (tertiary/aromatic N) is 1. The Bertz CT molecular complexity index is 568. The van der Waals surface area contributed by atoms with Crippen molar-refractivity contribution in [3.05, 3.63) is 54.1 Å². The van der Waals surface area contributed by atoms with E-state index >= 15 is 0 Å². The van der Waals surface area contributed by atoms with Gasteiger partial charge in [-0.3, -0.25) is 5.43 Å². The van der Waals surface area contributed by atoms with Crippen molar-refractivity contribution in [2.45, 2.75) is 6.92 Å². The van der Waals surface area contributed by atoms with Gasteiger partial charge in [-0.1, -0.05) is 18.2 Å². The lowest BCUT2D eigenvalue weighted by Crippen LogP contribution is -1.96. The zero-order valence-electron chi connectivity index (χ0n) is 11.7. The molecule has 2 rings (SSSR count). The molecule has 0 aromatic heterocycles. The van der Waals surface area contributed by atoms with E-state index in [1.54, 1.807) is 13.3 Å². The fourth-order valence-corrected chi connectivity index (χ4v) is 1.73. The lowest BCUT2D eigenvalue weighted by molar-refractivity contribution is 0.311. The maximum absolute atomic E-state index is 5.47. The van der Waals surface area contributed by atoms with Crippen molar-refractivity contribution in [3.8, 4) is 11.5 Å². The first-order valence-electron chi connectivity index (χ1n) is 6.48. The van der Waals surface area contributed by atoms with Gasteiger partial charge >= 0.3 is 0 Å². The van der Waals surface area contributed by atoms with E-state index in [9.17, 15) is 0 Å². The molecule has 0 saturated heterocycles. The van der Waals surface area contributed by atoms with E-state index in [1.165, 1.54) is 0 Å². The van der Waals surface area contributed by atoms with E-state index in [2.05, 4.69) is 10.5 Å². The molecule has 2 aromatic carbocycles. The minimum Gasteiger partial charge on any atom is -0.493 e. The summed E-state index contributed by atoms with van der Waals surface area (Å²) in [4.78, 5) is 0. The van der Waals surface area contributed by atoms with E-state index in [-0.39, 0.29) is 0 Å². The summed E-state index contributed by atoms with van der Waals surface area (Å²) in [6, 6.07) is 15.5. The Hall–Kier alpha value is -2.49. The quantitative estimate of drug-likeness (QED) is 0.645. The summed E-state index contributed by atoms with van der Waals surface area (Å²) in [5, 5.41) is 4.19. The number of hydrazone groups is 1. The van der Waals surface area contributed by atoms with Crippen molar-refractivity contribution in [1.29, 1.82) is 0 Å². The molecule has 0 aliphatic carbocycles. The van der Waals surface area contributed by atoms with E-state index in [0.717, 1.165) is 17.0 Å². The molecule has 0 amide bonds. The van der Waals surface area contributed by atoms with Crippen LogP contribution in [0.15, 0.2) is 53.6 Å². The Morgan fingerprint density at radius 2 is 1.90 bits per heavy atom. The number of methoxy groups -OCH3 is 1. The largest absolute Gasteiger partial charge is 0.493 e. The van der Waals surface area contributed by atoms with Gasteiger partial charge in [0.1, 0.15) is 0 Å². The normalized spacial score (nSPS) is 10.5. The van der Waals surface area contributed by atoms with E-state index in [4.69, 9.17) is 9.47 Å². The molecule has 1 N–H and O–H groups in total. The van der Waals surface area contributed by atoms with Crippen LogP contribution < -0.4 is 14.9 Å². The second kappa shape index (κ2) is 7.19. The topological polar surface area (TPSA) is 42.8 Å². The summed E-state index contributed by atoms with van der Waals surface area (Å²) in [6.45, 7) is 2.55. The Labute approximate surface area is 119 Å². The third-order valence-electron chi connectivity index (χ3n) is 2.67. The molecule has 4 heteroatoms. The molecule has 0 unspecified atom stereocenters. The van der Waals surface area contributed by atoms with Gasteiger partial charge in [-0.05, 0) is 42.8 Å². The minimum atomic E-state index is 0.610. The summed E-state index contributed by atoms with van der Waals surface area (Å²) in [7, 11) is 1.63. The van der Waals surface area contributed by atoms with E-state index in [1.807, 2.05) is 55.5 Å². The van der Waals surface area contributed by atoms with Crippen molar-refractivity contribution >= 4 is 11.9 Å². The molecule has 0 heterocycles. The molecule has 2 aromatic rings. The Kier molecular flexibility index (Phi) is 5.00. The SMILES string of the molecule is CCOc1ccc(/C=N\Nc2ccccc2)cc1OC. The molecule has 0 aliphatic heterocycles. The second-order valence-electron chi connectivity index (χ2n) is 4.08. The Morgan fingerprint density at radius 1 is 1.10 bits per heavy atom. The highest BCUT2D eigenvalue weighted by molar-refractivity contribution is 5.81. The fraction of sp³-hybridized carbons (Fsp3) is 0.188. The van der Waals surface area contributed by atoms with Gasteiger partial charge in [-0.25, -0.2) is 0 Å². The number of anilines is 1. The van der Waals surface area contributed by atoms with Crippen LogP contribution in [0.2, 0.25) is 0 Å². The molecule has 0 radical (unpaired) electrons. The Balaban J connectivity index is 2.06. The van der Waals surface area contributed by atoms with Gasteiger partial charge in [0, 0.05) is 0 Å². The molecular formula is C16H18N2O2. The van der Waals surface area contributed by atoms with Crippen molar-refractivity contribution in [3.63, 3.8) is 0 Å². The van der Waals surface area contributed by atoms with E-state index in [0.29, 0.717) is 12.4 Å². The molecule has 0 bridgehead atoms. The van der Waals surface area contributed by atoms with E-state index < -0.39 is 0 Å². The van der Waals surface area contributed by atoms with Crippen LogP contribution in [-0.4, -0.2) is 19.9 Å². The molecular weight excluding hydrogens is 252 g/mol. The zero-order chi connectivity index (χ0) is 14.2. The summed E-state index contributed by atoms with van der Waals surface area (Å²) in [6.07, 6.45) is 1.74. The smallest absolute Gasteiger partial charge is 0.161 e. The van der Waals surface area contributed by atoms with Crippen LogP contribution in [-0.2, 0) is 0 Å². The van der Waals surface area contributed by atoms with Crippen LogP contribution in [0.5, 0.6) is 11.5 Å². The fourth-order valence-electron chi connectivity index (χ4n) is 1.73. The molecule has 4 nitrogen and oxygen atoms in total. The molecule has 0 saturated carbocycles. The van der Waals surface area contributed by atoms with Gasteiger partial charge in [-0.15, -0.1) is 0 Å². The number of rotatable bonds is 6. The Morgan fingerprint density at radius 3 is 2.60 bits per heavy atom. The molecule has 0 atom stereocenters. The number of para-hydroxylation sites is 1. The lowest BCUT2D eigenvalue weighted by atomic mass is 10.2. The van der Waals surface area contributed by atoms with Crippen LogP contribution in [0, 0.1) is 0 Å². The van der Waals surface area contributed by atoms with Gasteiger partial charge < -0.3 is 9.47 Å². The molecule has 0 aliphatic rings.